The van der Waals surface area contributed by atoms with Gasteiger partial charge in [-0.1, -0.05) is 33.4 Å². The Morgan fingerprint density at radius 1 is 1.42 bits per heavy atom. The van der Waals surface area contributed by atoms with Crippen molar-refractivity contribution in [2.75, 3.05) is 13.2 Å². The molecule has 1 amide bonds. The van der Waals surface area contributed by atoms with Gasteiger partial charge in [0.25, 0.3) is 0 Å². The lowest BCUT2D eigenvalue weighted by molar-refractivity contribution is 0.101. The molecule has 0 radical (unpaired) electrons. The number of hydrogen-bond donors (Lipinski definition) is 0. The fourth-order valence-electron chi connectivity index (χ4n) is 2.98. The highest BCUT2D eigenvalue weighted by atomic mass is 28.4. The molecule has 1 saturated heterocycles. The van der Waals surface area contributed by atoms with Gasteiger partial charge in [-0.15, -0.1) is 0 Å². The molecule has 26 heavy (non-hydrogen) atoms. The number of carbonyl (C=O) groups is 1. The molecule has 0 saturated carbocycles. The van der Waals surface area contributed by atoms with E-state index in [1.54, 1.807) is 18.6 Å². The molecule has 1 aromatic heterocycles. The number of rotatable bonds is 7. The topological polar surface area (TPSA) is 56.6 Å². The summed E-state index contributed by atoms with van der Waals surface area (Å²) in [6.45, 7) is 16.5. The molecule has 2 rings (SSSR count). The summed E-state index contributed by atoms with van der Waals surface area (Å²) in [7, 11) is -1.88. The summed E-state index contributed by atoms with van der Waals surface area (Å²) in [6, 6.07) is 0.115. The minimum atomic E-state index is -1.88. The number of amides is 1. The van der Waals surface area contributed by atoms with Gasteiger partial charge in [0.15, 0.2) is 8.32 Å². The summed E-state index contributed by atoms with van der Waals surface area (Å²) in [5.74, 6) is 0. The van der Waals surface area contributed by atoms with Crippen LogP contribution in [0.4, 0.5) is 4.79 Å². The van der Waals surface area contributed by atoms with Gasteiger partial charge < -0.3 is 18.6 Å². The van der Waals surface area contributed by atoms with Gasteiger partial charge in [0.1, 0.15) is 6.61 Å². The number of aryl methyl sites for hydroxylation is 1. The Balaban J connectivity index is 2.04. The second kappa shape index (κ2) is 8.39. The maximum atomic E-state index is 12.5. The summed E-state index contributed by atoms with van der Waals surface area (Å²) >= 11 is 0. The lowest BCUT2D eigenvalue weighted by atomic mass is 10.1. The van der Waals surface area contributed by atoms with Crippen molar-refractivity contribution in [2.45, 2.75) is 70.4 Å². The van der Waals surface area contributed by atoms with E-state index in [1.807, 2.05) is 15.7 Å². The molecule has 1 aliphatic heterocycles. The van der Waals surface area contributed by atoms with Crippen LogP contribution in [0.1, 0.15) is 33.6 Å². The maximum Gasteiger partial charge on any atom is 0.410 e. The zero-order chi connectivity index (χ0) is 19.4. The summed E-state index contributed by atoms with van der Waals surface area (Å²) < 4.78 is 13.9. The van der Waals surface area contributed by atoms with Crippen LogP contribution >= 0.6 is 0 Å². The number of aromatic nitrogens is 2. The highest BCUT2D eigenvalue weighted by molar-refractivity contribution is 6.74. The van der Waals surface area contributed by atoms with Gasteiger partial charge >= 0.3 is 6.09 Å². The molecule has 2 unspecified atom stereocenters. The van der Waals surface area contributed by atoms with Gasteiger partial charge in [-0.2, -0.15) is 0 Å². The maximum absolute atomic E-state index is 12.5. The molecular formula is C19H33N3O3Si. The fourth-order valence-corrected chi connectivity index (χ4v) is 4.34. The number of hydrogen-bond acceptors (Lipinski definition) is 4. The van der Waals surface area contributed by atoms with E-state index in [2.05, 4.69) is 45.4 Å². The number of ether oxygens (including phenoxy) is 1. The molecule has 6 nitrogen and oxygen atoms in total. The Hall–Kier alpha value is -1.60. The smallest absolute Gasteiger partial charge is 0.410 e. The Morgan fingerprint density at radius 3 is 2.73 bits per heavy atom. The minimum Gasteiger partial charge on any atom is -0.445 e. The van der Waals surface area contributed by atoms with Crippen molar-refractivity contribution in [3.05, 3.63) is 31.4 Å². The Morgan fingerprint density at radius 2 is 2.15 bits per heavy atom. The SMILES string of the molecule is C=CCOC(=O)N1CC(O[Si](C)(C)C(C)(C)C)CC1CCn1ccnc1. The average Bonchev–Trinajstić information content (AvgIpc) is 3.18. The minimum absolute atomic E-state index is 0.0694. The van der Waals surface area contributed by atoms with E-state index in [-0.39, 0.29) is 29.9 Å². The Bertz CT molecular complexity index is 596. The molecule has 1 fully saturated rings. The van der Waals surface area contributed by atoms with Crippen LogP contribution in [-0.4, -0.2) is 54.2 Å². The molecule has 7 heteroatoms. The number of carbonyl (C=O) groups excluding carboxylic acids is 1. The molecule has 146 valence electrons. The molecule has 1 aliphatic rings. The van der Waals surface area contributed by atoms with Crippen molar-refractivity contribution >= 4 is 14.4 Å². The molecule has 0 spiro atoms. The van der Waals surface area contributed by atoms with Crippen LogP contribution in [0.2, 0.25) is 18.1 Å². The van der Waals surface area contributed by atoms with E-state index < -0.39 is 8.32 Å². The standard InChI is InChI=1S/C19H33N3O3Si/c1-7-12-24-18(23)22-14-17(25-26(5,6)19(2,3)4)13-16(22)8-10-21-11-9-20-15-21/h7,9,11,15-17H,1,8,10,12-14H2,2-6H3. The van der Waals surface area contributed by atoms with Crippen molar-refractivity contribution in [1.82, 2.24) is 14.5 Å². The lowest BCUT2D eigenvalue weighted by Gasteiger charge is -2.38. The second-order valence-corrected chi connectivity index (χ2v) is 13.3. The first kappa shape index (κ1) is 20.7. The predicted molar refractivity (Wildman–Crippen MR) is 106 cm³/mol. The Kier molecular flexibility index (Phi) is 6.68. The van der Waals surface area contributed by atoms with Gasteiger partial charge in [0.05, 0.1) is 12.4 Å². The van der Waals surface area contributed by atoms with Gasteiger partial charge in [-0.3, -0.25) is 0 Å². The number of likely N-dealkylation sites (tertiary alicyclic amines) is 1. The summed E-state index contributed by atoms with van der Waals surface area (Å²) in [4.78, 5) is 18.4. The summed E-state index contributed by atoms with van der Waals surface area (Å²) in [5.41, 5.74) is 0. The third-order valence-electron chi connectivity index (χ3n) is 5.48. The molecule has 0 aromatic carbocycles. The van der Waals surface area contributed by atoms with Crippen molar-refractivity contribution in [3.63, 3.8) is 0 Å². The molecule has 2 heterocycles. The highest BCUT2D eigenvalue weighted by Gasteiger charge is 2.43. The third-order valence-corrected chi connectivity index (χ3v) is 10.0. The molecule has 0 N–H and O–H groups in total. The fraction of sp³-hybridized carbons (Fsp3) is 0.684. The first-order chi connectivity index (χ1) is 12.1. The zero-order valence-electron chi connectivity index (χ0n) is 16.8. The first-order valence-corrected chi connectivity index (χ1v) is 12.2. The summed E-state index contributed by atoms with van der Waals surface area (Å²) in [6.07, 6.45) is 8.62. The number of nitrogens with zero attached hydrogens (tertiary/aromatic N) is 3. The van der Waals surface area contributed by atoms with Crippen LogP contribution in [-0.2, 0) is 15.7 Å². The zero-order valence-corrected chi connectivity index (χ0v) is 17.8. The van der Waals surface area contributed by atoms with E-state index in [9.17, 15) is 4.79 Å². The molecule has 0 bridgehead atoms. The molecular weight excluding hydrogens is 346 g/mol. The van der Waals surface area contributed by atoms with Crippen molar-refractivity contribution in [1.29, 1.82) is 0 Å². The average molecular weight is 380 g/mol. The normalized spacial score (nSPS) is 21.0. The van der Waals surface area contributed by atoms with Crippen molar-refractivity contribution < 1.29 is 14.0 Å². The van der Waals surface area contributed by atoms with Crippen LogP contribution in [0.25, 0.3) is 0 Å². The highest BCUT2D eigenvalue weighted by Crippen LogP contribution is 2.39. The Labute approximate surface area is 158 Å². The van der Waals surface area contributed by atoms with E-state index in [1.165, 1.54) is 0 Å². The third kappa shape index (κ3) is 5.20. The van der Waals surface area contributed by atoms with Gasteiger partial charge in [-0.25, -0.2) is 9.78 Å². The quantitative estimate of drug-likeness (QED) is 0.529. The predicted octanol–water partition coefficient (Wildman–Crippen LogP) is 4.06. The van der Waals surface area contributed by atoms with Crippen molar-refractivity contribution in [3.8, 4) is 0 Å². The van der Waals surface area contributed by atoms with Crippen molar-refractivity contribution in [2.24, 2.45) is 0 Å². The first-order valence-electron chi connectivity index (χ1n) is 9.32. The van der Waals surface area contributed by atoms with Gasteiger partial charge in [0.2, 0.25) is 0 Å². The molecule has 0 aliphatic carbocycles. The van der Waals surface area contributed by atoms with Crippen LogP contribution in [0.15, 0.2) is 31.4 Å². The lowest BCUT2D eigenvalue weighted by Crippen LogP contribution is -2.44. The van der Waals surface area contributed by atoms with E-state index in [0.717, 1.165) is 19.4 Å². The van der Waals surface area contributed by atoms with E-state index in [0.29, 0.717) is 6.54 Å². The largest absolute Gasteiger partial charge is 0.445 e. The van der Waals surface area contributed by atoms with Gasteiger partial charge in [-0.05, 0) is 31.0 Å². The van der Waals surface area contributed by atoms with Crippen LogP contribution in [0.5, 0.6) is 0 Å². The number of imidazole rings is 1. The monoisotopic (exact) mass is 379 g/mol. The molecule has 2 atom stereocenters. The second-order valence-electron chi connectivity index (χ2n) is 8.50. The van der Waals surface area contributed by atoms with E-state index >= 15 is 0 Å². The van der Waals surface area contributed by atoms with Crippen LogP contribution in [0.3, 0.4) is 0 Å². The van der Waals surface area contributed by atoms with Crippen LogP contribution in [0, 0.1) is 0 Å². The van der Waals surface area contributed by atoms with E-state index in [4.69, 9.17) is 9.16 Å². The van der Waals surface area contributed by atoms with Crippen LogP contribution < -0.4 is 0 Å². The van der Waals surface area contributed by atoms with Gasteiger partial charge in [0, 0.05) is 31.5 Å². The summed E-state index contributed by atoms with van der Waals surface area (Å²) in [5, 5.41) is 0.149. The molecule has 1 aromatic rings.